The van der Waals surface area contributed by atoms with Gasteiger partial charge in [-0.1, -0.05) is 30.9 Å². The molecule has 0 saturated heterocycles. The number of benzene rings is 1. The zero-order valence-corrected chi connectivity index (χ0v) is 16.8. The molecule has 0 radical (unpaired) electrons. The highest BCUT2D eigenvalue weighted by Crippen LogP contribution is 2.21. The number of carbonyl (C=O) groups excluding carboxylic acids is 3. The number of amides is 1. The minimum atomic E-state index is -0.409. The second kappa shape index (κ2) is 12.4. The van der Waals surface area contributed by atoms with Gasteiger partial charge in [-0.25, -0.2) is 0 Å². The van der Waals surface area contributed by atoms with E-state index in [1.165, 1.54) is 0 Å². The molecule has 0 aliphatic carbocycles. The first-order valence-corrected chi connectivity index (χ1v) is 9.11. The minimum Gasteiger partial charge on any atom is -0.394 e. The predicted octanol–water partition coefficient (Wildman–Crippen LogP) is 2.33. The van der Waals surface area contributed by atoms with Crippen LogP contribution >= 0.6 is 0 Å². The molecule has 0 spiro atoms. The van der Waals surface area contributed by atoms with Crippen molar-refractivity contribution in [3.63, 3.8) is 0 Å². The molecule has 1 unspecified atom stereocenters. The lowest BCUT2D eigenvalue weighted by molar-refractivity contribution is -0.121. The second-order valence-electron chi connectivity index (χ2n) is 6.34. The summed E-state index contributed by atoms with van der Waals surface area (Å²) in [5.41, 5.74) is 3.27. The average Bonchev–Trinajstić information content (AvgIpc) is 2.71. The topological polar surface area (TPSA) is 78.5 Å². The second-order valence-corrected chi connectivity index (χ2v) is 6.34. The molecule has 6 heteroatoms. The van der Waals surface area contributed by atoms with E-state index < -0.39 is 6.04 Å². The van der Waals surface area contributed by atoms with Gasteiger partial charge in [-0.15, -0.1) is 0 Å². The highest BCUT2D eigenvalue weighted by molar-refractivity contribution is 5.81. The number of nitrogens with one attached hydrogen (secondary N) is 2. The molecule has 6 nitrogen and oxygen atoms in total. The van der Waals surface area contributed by atoms with E-state index in [4.69, 9.17) is 0 Å². The van der Waals surface area contributed by atoms with Gasteiger partial charge in [0.15, 0.2) is 0 Å². The van der Waals surface area contributed by atoms with Gasteiger partial charge in [0, 0.05) is 32.6 Å². The van der Waals surface area contributed by atoms with Gasteiger partial charge in [-0.3, -0.25) is 14.5 Å². The quantitative estimate of drug-likeness (QED) is 0.428. The van der Waals surface area contributed by atoms with Crippen molar-refractivity contribution in [3.05, 3.63) is 65.9 Å². The van der Waals surface area contributed by atoms with Crippen LogP contribution in [0.3, 0.4) is 0 Å². The summed E-state index contributed by atoms with van der Waals surface area (Å²) in [5, 5.41) is 5.51. The Morgan fingerprint density at radius 2 is 2.04 bits per heavy atom. The van der Waals surface area contributed by atoms with Crippen molar-refractivity contribution in [1.82, 2.24) is 15.5 Å². The average molecular weight is 383 g/mol. The lowest BCUT2D eigenvalue weighted by Crippen LogP contribution is -2.34. The Balaban J connectivity index is 3.10. The van der Waals surface area contributed by atoms with Crippen molar-refractivity contribution in [2.75, 3.05) is 21.1 Å². The molecular weight excluding hydrogens is 354 g/mol. The fourth-order valence-electron chi connectivity index (χ4n) is 2.77. The molecule has 0 bridgehead atoms. The maximum atomic E-state index is 11.5. The number of hydrogen-bond donors (Lipinski definition) is 2. The van der Waals surface area contributed by atoms with Crippen molar-refractivity contribution in [2.45, 2.75) is 25.4 Å². The maximum absolute atomic E-state index is 11.5. The monoisotopic (exact) mass is 383 g/mol. The number of hydrogen-bond acceptors (Lipinski definition) is 5. The number of rotatable bonds is 12. The standard InChI is InChI=1S/C22H29N3O3/c1-5-6-17(11-12-23-2)18-7-8-19(15-26)20(13-18)14-25(4)21(16-27)9-10-22(28)24-3/h5-8,11-13,15-16,21,23H,1,9-10,14H2,2-4H3,(H,24,28)/b12-11-,17-6+. The van der Waals surface area contributed by atoms with E-state index >= 15 is 0 Å². The molecule has 2 N–H and O–H groups in total. The fourth-order valence-corrected chi connectivity index (χ4v) is 2.77. The third kappa shape index (κ3) is 6.96. The Morgan fingerprint density at radius 1 is 1.29 bits per heavy atom. The van der Waals surface area contributed by atoms with E-state index in [2.05, 4.69) is 17.2 Å². The largest absolute Gasteiger partial charge is 0.394 e. The number of nitrogens with zero attached hydrogens (tertiary/aromatic N) is 1. The molecule has 1 aromatic rings. The first kappa shape index (κ1) is 23.0. The zero-order chi connectivity index (χ0) is 20.9. The molecule has 1 atom stereocenters. The maximum Gasteiger partial charge on any atom is 0.219 e. The van der Waals surface area contributed by atoms with Crippen LogP contribution < -0.4 is 10.6 Å². The van der Waals surface area contributed by atoms with Crippen LogP contribution in [-0.4, -0.2) is 50.6 Å². The van der Waals surface area contributed by atoms with Crippen LogP contribution in [0.1, 0.15) is 34.3 Å². The smallest absolute Gasteiger partial charge is 0.219 e. The van der Waals surface area contributed by atoms with Crippen LogP contribution in [0.25, 0.3) is 5.57 Å². The third-order valence-electron chi connectivity index (χ3n) is 4.42. The van der Waals surface area contributed by atoms with Crippen LogP contribution in [0.5, 0.6) is 0 Å². The summed E-state index contributed by atoms with van der Waals surface area (Å²) in [4.78, 5) is 36.3. The van der Waals surface area contributed by atoms with Crippen molar-refractivity contribution >= 4 is 24.1 Å². The number of carbonyl (C=O) groups is 3. The van der Waals surface area contributed by atoms with E-state index in [1.54, 1.807) is 19.2 Å². The first-order valence-electron chi connectivity index (χ1n) is 9.11. The zero-order valence-electron chi connectivity index (χ0n) is 16.8. The molecule has 0 heterocycles. The molecule has 0 saturated carbocycles. The van der Waals surface area contributed by atoms with Crippen LogP contribution in [-0.2, 0) is 16.1 Å². The third-order valence-corrected chi connectivity index (χ3v) is 4.42. The summed E-state index contributed by atoms with van der Waals surface area (Å²) < 4.78 is 0. The van der Waals surface area contributed by atoms with Crippen LogP contribution in [0.4, 0.5) is 0 Å². The molecule has 0 aliphatic heterocycles. The van der Waals surface area contributed by atoms with Gasteiger partial charge in [0.2, 0.25) is 5.91 Å². The van der Waals surface area contributed by atoms with Gasteiger partial charge in [-0.05, 0) is 48.5 Å². The predicted molar refractivity (Wildman–Crippen MR) is 113 cm³/mol. The molecule has 0 aliphatic rings. The van der Waals surface area contributed by atoms with E-state index in [-0.39, 0.29) is 12.3 Å². The normalized spacial score (nSPS) is 12.6. The Labute approximate surface area is 167 Å². The highest BCUT2D eigenvalue weighted by atomic mass is 16.1. The summed E-state index contributed by atoms with van der Waals surface area (Å²) in [5.74, 6) is -0.105. The van der Waals surface area contributed by atoms with E-state index in [1.807, 2.05) is 49.5 Å². The summed E-state index contributed by atoms with van der Waals surface area (Å²) >= 11 is 0. The van der Waals surface area contributed by atoms with Crippen LogP contribution in [0.15, 0.2) is 49.2 Å². The molecule has 1 amide bonds. The van der Waals surface area contributed by atoms with Gasteiger partial charge in [0.1, 0.15) is 12.6 Å². The van der Waals surface area contributed by atoms with Gasteiger partial charge in [0.05, 0.1) is 6.04 Å². The van der Waals surface area contributed by atoms with Gasteiger partial charge in [-0.2, -0.15) is 0 Å². The SMILES string of the molecule is C=C/C=C(\C=C/NC)c1ccc(C=O)c(CN(C)C(C=O)CCC(=O)NC)c1. The van der Waals surface area contributed by atoms with Crippen molar-refractivity contribution in [3.8, 4) is 0 Å². The number of likely N-dealkylation sites (N-methyl/N-ethyl adjacent to an activating group) is 1. The van der Waals surface area contributed by atoms with E-state index in [9.17, 15) is 14.4 Å². The lowest BCUT2D eigenvalue weighted by Gasteiger charge is -2.24. The molecule has 28 heavy (non-hydrogen) atoms. The minimum absolute atomic E-state index is 0.105. The van der Waals surface area contributed by atoms with Gasteiger partial charge >= 0.3 is 0 Å². The van der Waals surface area contributed by atoms with Crippen molar-refractivity contribution in [1.29, 1.82) is 0 Å². The van der Waals surface area contributed by atoms with Crippen molar-refractivity contribution < 1.29 is 14.4 Å². The van der Waals surface area contributed by atoms with Crippen LogP contribution in [0.2, 0.25) is 0 Å². The Bertz CT molecular complexity index is 753. The molecule has 1 rings (SSSR count). The van der Waals surface area contributed by atoms with Gasteiger partial charge < -0.3 is 15.4 Å². The Hall–Kier alpha value is -2.99. The number of allylic oxidation sites excluding steroid dienone is 4. The fraction of sp³-hybridized carbons (Fsp3) is 0.318. The molecular formula is C22H29N3O3. The van der Waals surface area contributed by atoms with E-state index in [0.717, 1.165) is 29.3 Å². The molecule has 0 aromatic heterocycles. The van der Waals surface area contributed by atoms with Gasteiger partial charge in [0.25, 0.3) is 0 Å². The highest BCUT2D eigenvalue weighted by Gasteiger charge is 2.17. The molecule has 150 valence electrons. The summed E-state index contributed by atoms with van der Waals surface area (Å²) in [6.07, 6.45) is 9.66. The Morgan fingerprint density at radius 3 is 2.61 bits per heavy atom. The Kier molecular flexibility index (Phi) is 10.2. The van der Waals surface area contributed by atoms with E-state index in [0.29, 0.717) is 18.5 Å². The molecule has 1 aromatic carbocycles. The molecule has 0 fully saturated rings. The van der Waals surface area contributed by atoms with Crippen molar-refractivity contribution in [2.24, 2.45) is 0 Å². The van der Waals surface area contributed by atoms with Crippen LogP contribution in [0, 0.1) is 0 Å². The lowest BCUT2D eigenvalue weighted by atomic mass is 9.98. The summed E-state index contributed by atoms with van der Waals surface area (Å²) in [6, 6.07) is 5.19. The number of aldehydes is 2. The summed E-state index contributed by atoms with van der Waals surface area (Å²) in [7, 11) is 5.20. The first-order chi connectivity index (χ1) is 13.5. The summed E-state index contributed by atoms with van der Waals surface area (Å²) in [6.45, 7) is 4.16.